The number of aryl methyl sites for hydroxylation is 1. The van der Waals surface area contributed by atoms with Crippen molar-refractivity contribution >= 4 is 33.4 Å². The van der Waals surface area contributed by atoms with Gasteiger partial charge in [-0.1, -0.05) is 12.1 Å². The summed E-state index contributed by atoms with van der Waals surface area (Å²) in [5.74, 6) is -0.246. The first-order valence-electron chi connectivity index (χ1n) is 8.49. The fourth-order valence-electron chi connectivity index (χ4n) is 2.43. The third-order valence-electron chi connectivity index (χ3n) is 3.69. The number of carbonyl (C=O) groups is 2. The fraction of sp³-hybridized carbons (Fsp3) is 0.316. The van der Waals surface area contributed by atoms with Gasteiger partial charge in [-0.15, -0.1) is 0 Å². The number of halogens is 1. The number of aromatic nitrogens is 1. The van der Waals surface area contributed by atoms with Crippen molar-refractivity contribution in [2.45, 2.75) is 19.5 Å². The molecule has 0 atom stereocenters. The van der Waals surface area contributed by atoms with Crippen LogP contribution in [-0.2, 0) is 22.7 Å². The van der Waals surface area contributed by atoms with Crippen LogP contribution in [0.15, 0.2) is 51.9 Å². The summed E-state index contributed by atoms with van der Waals surface area (Å²) < 4.78 is 2.28. The number of hydrogen-bond donors (Lipinski definition) is 2. The van der Waals surface area contributed by atoms with Crippen LogP contribution in [0.5, 0.6) is 0 Å². The molecular formula is C19H23BrN4O3. The molecule has 0 spiro atoms. The topological polar surface area (TPSA) is 83.4 Å². The number of benzene rings is 1. The minimum absolute atomic E-state index is 0.0966. The van der Waals surface area contributed by atoms with Crippen molar-refractivity contribution in [2.24, 2.45) is 0 Å². The van der Waals surface area contributed by atoms with Crippen molar-refractivity contribution < 1.29 is 9.59 Å². The third-order valence-corrected chi connectivity index (χ3v) is 4.16. The summed E-state index contributed by atoms with van der Waals surface area (Å²) in [5.41, 5.74) is 1.42. The molecule has 0 fully saturated rings. The van der Waals surface area contributed by atoms with Gasteiger partial charge in [-0.3, -0.25) is 14.4 Å². The summed E-state index contributed by atoms with van der Waals surface area (Å²) in [4.78, 5) is 37.4. The average Bonchev–Trinajstić information content (AvgIpc) is 2.60. The first-order valence-corrected chi connectivity index (χ1v) is 9.29. The lowest BCUT2D eigenvalue weighted by atomic mass is 10.2. The van der Waals surface area contributed by atoms with Crippen molar-refractivity contribution in [3.05, 3.63) is 63.0 Å². The highest BCUT2D eigenvalue weighted by Crippen LogP contribution is 2.11. The lowest BCUT2D eigenvalue weighted by Crippen LogP contribution is -2.27. The van der Waals surface area contributed by atoms with Crippen LogP contribution in [0.1, 0.15) is 12.0 Å². The molecule has 0 saturated heterocycles. The van der Waals surface area contributed by atoms with Crippen LogP contribution in [0.25, 0.3) is 0 Å². The number of likely N-dealkylation sites (N-methyl/N-ethyl adjacent to an activating group) is 1. The molecule has 2 amide bonds. The molecule has 7 nitrogen and oxygen atoms in total. The molecule has 1 aromatic heterocycles. The van der Waals surface area contributed by atoms with Crippen LogP contribution in [-0.4, -0.2) is 41.9 Å². The summed E-state index contributed by atoms with van der Waals surface area (Å²) in [7, 11) is 3.65. The van der Waals surface area contributed by atoms with Gasteiger partial charge in [0.05, 0.1) is 6.54 Å². The zero-order valence-electron chi connectivity index (χ0n) is 15.4. The van der Waals surface area contributed by atoms with E-state index in [4.69, 9.17) is 0 Å². The van der Waals surface area contributed by atoms with E-state index >= 15 is 0 Å². The van der Waals surface area contributed by atoms with E-state index < -0.39 is 0 Å². The Morgan fingerprint density at radius 1 is 1.15 bits per heavy atom. The fourth-order valence-corrected chi connectivity index (χ4v) is 2.81. The van der Waals surface area contributed by atoms with Gasteiger partial charge in [-0.2, -0.15) is 0 Å². The van der Waals surface area contributed by atoms with Crippen molar-refractivity contribution in [3.63, 3.8) is 0 Å². The van der Waals surface area contributed by atoms with Gasteiger partial charge in [0.25, 0.3) is 5.56 Å². The Balaban J connectivity index is 1.84. The molecule has 0 radical (unpaired) electrons. The number of nitrogens with one attached hydrogen (secondary N) is 2. The van der Waals surface area contributed by atoms with Crippen LogP contribution in [0, 0.1) is 0 Å². The molecule has 0 aliphatic rings. The molecular weight excluding hydrogens is 412 g/mol. The second kappa shape index (κ2) is 10.0. The molecule has 0 saturated carbocycles. The van der Waals surface area contributed by atoms with Crippen molar-refractivity contribution in [2.75, 3.05) is 26.0 Å². The lowest BCUT2D eigenvalue weighted by molar-refractivity contribution is -0.121. The van der Waals surface area contributed by atoms with Gasteiger partial charge in [0, 0.05) is 41.9 Å². The smallest absolute Gasteiger partial charge is 0.250 e. The third kappa shape index (κ3) is 7.36. The maximum atomic E-state index is 12.1. The molecule has 1 heterocycles. The van der Waals surface area contributed by atoms with Crippen molar-refractivity contribution in [3.8, 4) is 0 Å². The average molecular weight is 435 g/mol. The maximum Gasteiger partial charge on any atom is 0.250 e. The molecule has 0 bridgehead atoms. The standard InChI is InChI=1S/C19H23BrN4O3/c1-23(2)13-18(26)22-16-5-3-4-14(10-16)11-21-17(25)8-9-24-12-15(20)6-7-19(24)27/h3-7,10,12H,8-9,11,13H2,1-2H3,(H,21,25)(H,22,26). The predicted molar refractivity (Wildman–Crippen MR) is 108 cm³/mol. The Morgan fingerprint density at radius 3 is 2.67 bits per heavy atom. The van der Waals surface area contributed by atoms with Crippen LogP contribution < -0.4 is 16.2 Å². The minimum atomic E-state index is -0.149. The Kier molecular flexibility index (Phi) is 7.75. The molecule has 2 aromatic rings. The molecule has 144 valence electrons. The van der Waals surface area contributed by atoms with Crippen molar-refractivity contribution in [1.82, 2.24) is 14.8 Å². The first-order chi connectivity index (χ1) is 12.8. The van der Waals surface area contributed by atoms with Gasteiger partial charge in [0.1, 0.15) is 0 Å². The SMILES string of the molecule is CN(C)CC(=O)Nc1cccc(CNC(=O)CCn2cc(Br)ccc2=O)c1. The quantitative estimate of drug-likeness (QED) is 0.663. The highest BCUT2D eigenvalue weighted by atomic mass is 79.9. The zero-order valence-corrected chi connectivity index (χ0v) is 17.0. The van der Waals surface area contributed by atoms with Crippen molar-refractivity contribution in [1.29, 1.82) is 0 Å². The van der Waals surface area contributed by atoms with E-state index in [1.165, 1.54) is 10.6 Å². The summed E-state index contributed by atoms with van der Waals surface area (Å²) in [6, 6.07) is 10.5. The predicted octanol–water partition coefficient (Wildman–Crippen LogP) is 1.82. The number of carbonyl (C=O) groups excluding carboxylic acids is 2. The summed E-state index contributed by atoms with van der Waals surface area (Å²) >= 11 is 3.31. The second-order valence-corrected chi connectivity index (χ2v) is 7.31. The Hall–Kier alpha value is -2.45. The number of pyridine rings is 1. The summed E-state index contributed by atoms with van der Waals surface area (Å²) in [6.45, 7) is 0.963. The molecule has 0 aliphatic carbocycles. The molecule has 1 aromatic carbocycles. The summed E-state index contributed by atoms with van der Waals surface area (Å²) in [5, 5.41) is 5.65. The van der Waals surface area contributed by atoms with Gasteiger partial charge in [-0.05, 0) is 53.8 Å². The Bertz CT molecular complexity index is 864. The van der Waals surface area contributed by atoms with E-state index in [0.29, 0.717) is 25.3 Å². The number of nitrogens with zero attached hydrogens (tertiary/aromatic N) is 2. The number of rotatable bonds is 8. The van der Waals surface area contributed by atoms with E-state index in [1.807, 2.05) is 32.3 Å². The van der Waals surface area contributed by atoms with E-state index in [0.717, 1.165) is 10.0 Å². The highest BCUT2D eigenvalue weighted by molar-refractivity contribution is 9.10. The Labute approximate surface area is 166 Å². The highest BCUT2D eigenvalue weighted by Gasteiger charge is 2.06. The largest absolute Gasteiger partial charge is 0.352 e. The number of anilines is 1. The van der Waals surface area contributed by atoms with Crippen LogP contribution in [0.4, 0.5) is 5.69 Å². The van der Waals surface area contributed by atoms with Crippen LogP contribution in [0.2, 0.25) is 0 Å². The molecule has 27 heavy (non-hydrogen) atoms. The monoisotopic (exact) mass is 434 g/mol. The molecule has 2 N–H and O–H groups in total. The van der Waals surface area contributed by atoms with Gasteiger partial charge in [-0.25, -0.2) is 0 Å². The second-order valence-electron chi connectivity index (χ2n) is 6.39. The van der Waals surface area contributed by atoms with E-state index in [-0.39, 0.29) is 23.8 Å². The molecule has 2 rings (SSSR count). The van der Waals surface area contributed by atoms with Crippen LogP contribution in [0.3, 0.4) is 0 Å². The first kappa shape index (κ1) is 20.9. The van der Waals surface area contributed by atoms with Crippen LogP contribution >= 0.6 is 15.9 Å². The Morgan fingerprint density at radius 2 is 1.93 bits per heavy atom. The van der Waals surface area contributed by atoms with E-state index in [2.05, 4.69) is 26.6 Å². The normalized spacial score (nSPS) is 10.7. The van der Waals surface area contributed by atoms with Gasteiger partial charge in [0.2, 0.25) is 11.8 Å². The number of amides is 2. The number of hydrogen-bond acceptors (Lipinski definition) is 4. The zero-order chi connectivity index (χ0) is 19.8. The summed E-state index contributed by atoms with van der Waals surface area (Å²) in [6.07, 6.45) is 1.87. The lowest BCUT2D eigenvalue weighted by Gasteiger charge is -2.11. The molecule has 0 aliphatic heterocycles. The molecule has 0 unspecified atom stereocenters. The minimum Gasteiger partial charge on any atom is -0.352 e. The van der Waals surface area contributed by atoms with E-state index in [9.17, 15) is 14.4 Å². The maximum absolute atomic E-state index is 12.1. The van der Waals surface area contributed by atoms with E-state index in [1.54, 1.807) is 23.2 Å². The molecule has 8 heteroatoms. The van der Waals surface area contributed by atoms with Gasteiger partial charge >= 0.3 is 0 Å². The van der Waals surface area contributed by atoms with Gasteiger partial charge in [0.15, 0.2) is 0 Å². The van der Waals surface area contributed by atoms with Gasteiger partial charge < -0.3 is 20.1 Å².